The van der Waals surface area contributed by atoms with Gasteiger partial charge in [-0.25, -0.2) is 4.79 Å². The van der Waals surface area contributed by atoms with Crippen LogP contribution in [0.5, 0.6) is 0 Å². The Morgan fingerprint density at radius 2 is 2.12 bits per heavy atom. The average Bonchev–Trinajstić information content (AvgIpc) is 2.48. The van der Waals surface area contributed by atoms with Gasteiger partial charge in [0.05, 0.1) is 0 Å². The van der Waals surface area contributed by atoms with Gasteiger partial charge in [-0.1, -0.05) is 29.3 Å². The molecule has 1 aliphatic rings. The lowest BCUT2D eigenvalue weighted by Gasteiger charge is -2.20. The fraction of sp³-hybridized carbons (Fsp3) is 0.417. The van der Waals surface area contributed by atoms with Crippen molar-refractivity contribution in [3.8, 4) is 0 Å². The molecular formula is C12H14Cl2N2O. The van der Waals surface area contributed by atoms with Gasteiger partial charge in [0.25, 0.3) is 0 Å². The smallest absolute Gasteiger partial charge is 0.320 e. The maximum atomic E-state index is 11.9. The first-order valence-electron chi connectivity index (χ1n) is 5.44. The van der Waals surface area contributed by atoms with Crippen LogP contribution >= 0.6 is 23.2 Å². The Balaban J connectivity index is 2.18. The van der Waals surface area contributed by atoms with Crippen LogP contribution in [0.25, 0.3) is 0 Å². The fourth-order valence-electron chi connectivity index (χ4n) is 2.04. The first kappa shape index (κ1) is 12.5. The van der Waals surface area contributed by atoms with E-state index in [2.05, 4.69) is 0 Å². The number of carbonyl (C=O) groups is 1. The maximum Gasteiger partial charge on any atom is 0.320 e. The van der Waals surface area contributed by atoms with E-state index in [0.29, 0.717) is 16.6 Å². The van der Waals surface area contributed by atoms with Gasteiger partial charge in [0, 0.05) is 36.2 Å². The first-order chi connectivity index (χ1) is 7.99. The summed E-state index contributed by atoms with van der Waals surface area (Å²) < 4.78 is 0. The van der Waals surface area contributed by atoms with Crippen LogP contribution in [0.1, 0.15) is 12.5 Å². The average molecular weight is 273 g/mol. The summed E-state index contributed by atoms with van der Waals surface area (Å²) in [5.74, 6) is 0. The molecule has 0 saturated carbocycles. The predicted molar refractivity (Wildman–Crippen MR) is 69.5 cm³/mol. The zero-order valence-corrected chi connectivity index (χ0v) is 11.3. The van der Waals surface area contributed by atoms with E-state index in [1.165, 1.54) is 0 Å². The third-order valence-corrected chi connectivity index (χ3v) is 3.59. The van der Waals surface area contributed by atoms with Gasteiger partial charge < -0.3 is 9.80 Å². The summed E-state index contributed by atoms with van der Waals surface area (Å²) in [6.07, 6.45) is 0. The number of likely N-dealkylation sites (N-methyl/N-ethyl adjacent to an activating group) is 1. The van der Waals surface area contributed by atoms with Crippen LogP contribution in [0.3, 0.4) is 0 Å². The highest BCUT2D eigenvalue weighted by atomic mass is 35.5. The van der Waals surface area contributed by atoms with Gasteiger partial charge >= 0.3 is 6.03 Å². The molecule has 3 nitrogen and oxygen atoms in total. The predicted octanol–water partition coefficient (Wildman–Crippen LogP) is 3.25. The van der Waals surface area contributed by atoms with Gasteiger partial charge in [0.15, 0.2) is 0 Å². The van der Waals surface area contributed by atoms with Gasteiger partial charge in [-0.3, -0.25) is 0 Å². The Labute approximate surface area is 111 Å². The fourth-order valence-corrected chi connectivity index (χ4v) is 2.51. The highest BCUT2D eigenvalue weighted by molar-refractivity contribution is 6.35. The molecule has 0 N–H and O–H groups in total. The standard InChI is InChI=1S/C12H14Cl2N2O/c1-8-6-15(2)12(17)16(8)7-9-3-4-10(13)5-11(9)14/h3-5,8H,6-7H2,1-2H3. The van der Waals surface area contributed by atoms with Crippen molar-refractivity contribution in [2.45, 2.75) is 19.5 Å². The molecule has 0 aromatic heterocycles. The first-order valence-corrected chi connectivity index (χ1v) is 6.20. The molecule has 0 bridgehead atoms. The number of hydrogen-bond acceptors (Lipinski definition) is 1. The molecule has 1 atom stereocenters. The summed E-state index contributed by atoms with van der Waals surface area (Å²) in [7, 11) is 1.81. The van der Waals surface area contributed by atoms with Crippen molar-refractivity contribution in [1.82, 2.24) is 9.80 Å². The lowest BCUT2D eigenvalue weighted by molar-refractivity contribution is 0.190. The third kappa shape index (κ3) is 2.50. The van der Waals surface area contributed by atoms with Gasteiger partial charge in [-0.15, -0.1) is 0 Å². The Morgan fingerprint density at radius 1 is 1.41 bits per heavy atom. The van der Waals surface area contributed by atoms with Crippen LogP contribution in [0, 0.1) is 0 Å². The lowest BCUT2D eigenvalue weighted by atomic mass is 10.2. The third-order valence-electron chi connectivity index (χ3n) is 3.00. The highest BCUT2D eigenvalue weighted by Crippen LogP contribution is 2.25. The number of hydrogen-bond donors (Lipinski definition) is 0. The minimum Gasteiger partial charge on any atom is -0.326 e. The monoisotopic (exact) mass is 272 g/mol. The van der Waals surface area contributed by atoms with Crippen LogP contribution in [0.2, 0.25) is 10.0 Å². The van der Waals surface area contributed by atoms with Crippen molar-refractivity contribution in [3.05, 3.63) is 33.8 Å². The minimum absolute atomic E-state index is 0.0449. The summed E-state index contributed by atoms with van der Waals surface area (Å²) in [4.78, 5) is 15.4. The number of amides is 2. The number of rotatable bonds is 2. The Kier molecular flexibility index (Phi) is 3.50. The largest absolute Gasteiger partial charge is 0.326 e. The van der Waals surface area contributed by atoms with E-state index in [-0.39, 0.29) is 12.1 Å². The molecule has 1 aliphatic heterocycles. The number of benzene rings is 1. The molecule has 17 heavy (non-hydrogen) atoms. The van der Waals surface area contributed by atoms with E-state index < -0.39 is 0 Å². The topological polar surface area (TPSA) is 23.6 Å². The van der Waals surface area contributed by atoms with Crippen molar-refractivity contribution >= 4 is 29.2 Å². The van der Waals surface area contributed by atoms with Crippen LogP contribution in [-0.4, -0.2) is 35.5 Å². The summed E-state index contributed by atoms with van der Waals surface area (Å²) in [6, 6.07) is 5.61. The quantitative estimate of drug-likeness (QED) is 0.811. The van der Waals surface area contributed by atoms with E-state index in [4.69, 9.17) is 23.2 Å². The maximum absolute atomic E-state index is 11.9. The zero-order valence-electron chi connectivity index (χ0n) is 9.78. The molecule has 1 heterocycles. The molecule has 5 heteroatoms. The molecule has 92 valence electrons. The van der Waals surface area contributed by atoms with Gasteiger partial charge in [0.2, 0.25) is 0 Å². The SMILES string of the molecule is CC1CN(C)C(=O)N1Cc1ccc(Cl)cc1Cl. The molecule has 0 radical (unpaired) electrons. The normalized spacial score (nSPS) is 20.2. The Hall–Kier alpha value is -0.930. The van der Waals surface area contributed by atoms with Crippen molar-refractivity contribution < 1.29 is 4.79 Å². The zero-order chi connectivity index (χ0) is 12.6. The van der Waals surface area contributed by atoms with E-state index in [0.717, 1.165) is 12.1 Å². The highest BCUT2D eigenvalue weighted by Gasteiger charge is 2.32. The molecule has 2 rings (SSSR count). The van der Waals surface area contributed by atoms with E-state index in [1.807, 2.05) is 24.9 Å². The minimum atomic E-state index is 0.0449. The van der Waals surface area contributed by atoms with Crippen molar-refractivity contribution in [2.24, 2.45) is 0 Å². The second-order valence-corrected chi connectivity index (χ2v) is 5.22. The van der Waals surface area contributed by atoms with Crippen LogP contribution in [0.15, 0.2) is 18.2 Å². The molecule has 1 unspecified atom stereocenters. The summed E-state index contributed by atoms with van der Waals surface area (Å²) in [6.45, 7) is 3.32. The summed E-state index contributed by atoms with van der Waals surface area (Å²) in [5.41, 5.74) is 0.923. The van der Waals surface area contributed by atoms with Crippen molar-refractivity contribution in [2.75, 3.05) is 13.6 Å². The number of carbonyl (C=O) groups excluding carboxylic acids is 1. The number of urea groups is 1. The Bertz CT molecular complexity index is 450. The Morgan fingerprint density at radius 3 is 2.65 bits per heavy atom. The summed E-state index contributed by atoms with van der Waals surface area (Å²) >= 11 is 11.9. The molecule has 1 fully saturated rings. The summed E-state index contributed by atoms with van der Waals surface area (Å²) in [5, 5.41) is 1.21. The second-order valence-electron chi connectivity index (χ2n) is 4.38. The molecule has 2 amide bonds. The van der Waals surface area contributed by atoms with Crippen molar-refractivity contribution in [3.63, 3.8) is 0 Å². The van der Waals surface area contributed by atoms with Crippen LogP contribution < -0.4 is 0 Å². The van der Waals surface area contributed by atoms with Gasteiger partial charge in [-0.2, -0.15) is 0 Å². The molecule has 0 spiro atoms. The number of halogens is 2. The van der Waals surface area contributed by atoms with Gasteiger partial charge in [0.1, 0.15) is 0 Å². The van der Waals surface area contributed by atoms with Crippen LogP contribution in [0.4, 0.5) is 4.79 Å². The second kappa shape index (κ2) is 4.75. The van der Waals surface area contributed by atoms with Gasteiger partial charge in [-0.05, 0) is 24.6 Å². The molecule has 1 saturated heterocycles. The van der Waals surface area contributed by atoms with E-state index in [9.17, 15) is 4.79 Å². The van der Waals surface area contributed by atoms with Crippen LogP contribution in [-0.2, 0) is 6.54 Å². The molecule has 0 aliphatic carbocycles. The lowest BCUT2D eigenvalue weighted by Crippen LogP contribution is -2.32. The van der Waals surface area contributed by atoms with Crippen molar-refractivity contribution in [1.29, 1.82) is 0 Å². The molecule has 1 aromatic rings. The molecular weight excluding hydrogens is 259 g/mol. The van der Waals surface area contributed by atoms with E-state index in [1.54, 1.807) is 17.0 Å². The van der Waals surface area contributed by atoms with E-state index >= 15 is 0 Å². The molecule has 1 aromatic carbocycles. The number of nitrogens with zero attached hydrogens (tertiary/aromatic N) is 2.